The second-order valence-corrected chi connectivity index (χ2v) is 10.4. The maximum Gasteiger partial charge on any atom is 0.243 e. The molecule has 0 bridgehead atoms. The van der Waals surface area contributed by atoms with E-state index in [1.807, 2.05) is 31.2 Å². The average Bonchev–Trinajstić information content (AvgIpc) is 2.81. The lowest BCUT2D eigenvalue weighted by Crippen LogP contribution is -2.39. The van der Waals surface area contributed by atoms with E-state index >= 15 is 0 Å². The highest BCUT2D eigenvalue weighted by molar-refractivity contribution is 7.89. The molecule has 0 saturated carbocycles. The summed E-state index contributed by atoms with van der Waals surface area (Å²) in [6, 6.07) is 14.0. The Morgan fingerprint density at radius 2 is 1.68 bits per heavy atom. The summed E-state index contributed by atoms with van der Waals surface area (Å²) in [4.78, 5) is 23.7. The lowest BCUT2D eigenvalue weighted by molar-refractivity contribution is -0.122. The van der Waals surface area contributed by atoms with Crippen LogP contribution in [0.2, 0.25) is 0 Å². The number of carbonyl (C=O) groups is 2. The van der Waals surface area contributed by atoms with E-state index in [0.717, 1.165) is 17.7 Å². The minimum atomic E-state index is -3.60. The molecule has 1 saturated heterocycles. The molecule has 1 heterocycles. The largest absolute Gasteiger partial charge is 0.494 e. The van der Waals surface area contributed by atoms with Crippen LogP contribution < -0.4 is 15.4 Å². The van der Waals surface area contributed by atoms with Crippen LogP contribution in [-0.2, 0) is 26.0 Å². The summed E-state index contributed by atoms with van der Waals surface area (Å²) in [5.41, 5.74) is 1.69. The highest BCUT2D eigenvalue weighted by atomic mass is 32.2. The molecule has 1 fully saturated rings. The lowest BCUT2D eigenvalue weighted by atomic mass is 9.94. The van der Waals surface area contributed by atoms with Crippen LogP contribution in [0, 0.1) is 5.92 Å². The molecule has 0 aromatic heterocycles. The van der Waals surface area contributed by atoms with E-state index in [1.165, 1.54) is 23.4 Å². The number of piperidine rings is 1. The Balaban J connectivity index is 1.41. The van der Waals surface area contributed by atoms with Crippen molar-refractivity contribution in [3.05, 3.63) is 54.1 Å². The molecular weight excluding hydrogens is 454 g/mol. The first-order chi connectivity index (χ1) is 16.3. The van der Waals surface area contributed by atoms with Gasteiger partial charge in [-0.3, -0.25) is 9.59 Å². The molecule has 0 atom stereocenters. The molecule has 9 heteroatoms. The molecule has 2 N–H and O–H groups in total. The number of benzene rings is 2. The zero-order valence-corrected chi connectivity index (χ0v) is 20.6. The molecule has 1 aliphatic rings. The van der Waals surface area contributed by atoms with Gasteiger partial charge in [0.25, 0.3) is 0 Å². The molecule has 0 radical (unpaired) electrons. The molecule has 1 aliphatic heterocycles. The first kappa shape index (κ1) is 25.7. The van der Waals surface area contributed by atoms with Gasteiger partial charge in [0.05, 0.1) is 11.5 Å². The van der Waals surface area contributed by atoms with E-state index in [1.54, 1.807) is 12.1 Å². The van der Waals surface area contributed by atoms with Crippen LogP contribution in [0.4, 0.5) is 5.69 Å². The fraction of sp³-hybridized carbons (Fsp3) is 0.440. The van der Waals surface area contributed by atoms with Gasteiger partial charge in [-0.05, 0) is 74.1 Å². The van der Waals surface area contributed by atoms with Crippen molar-refractivity contribution >= 4 is 27.5 Å². The highest BCUT2D eigenvalue weighted by Crippen LogP contribution is 2.26. The molecule has 0 unspecified atom stereocenters. The van der Waals surface area contributed by atoms with Crippen LogP contribution in [0.3, 0.4) is 0 Å². The van der Waals surface area contributed by atoms with Crippen molar-refractivity contribution in [2.24, 2.45) is 5.92 Å². The third kappa shape index (κ3) is 7.30. The molecule has 0 aliphatic carbocycles. The molecule has 2 aromatic carbocycles. The van der Waals surface area contributed by atoms with Crippen LogP contribution in [0.1, 0.15) is 38.7 Å². The van der Waals surface area contributed by atoms with E-state index in [4.69, 9.17) is 4.74 Å². The number of hydrogen-bond donors (Lipinski definition) is 2. The molecule has 3 rings (SSSR count). The molecule has 8 nitrogen and oxygen atoms in total. The van der Waals surface area contributed by atoms with Gasteiger partial charge in [0.2, 0.25) is 21.8 Å². The summed E-state index contributed by atoms with van der Waals surface area (Å²) in [6.45, 7) is 5.32. The monoisotopic (exact) mass is 487 g/mol. The van der Waals surface area contributed by atoms with Gasteiger partial charge in [-0.25, -0.2) is 8.42 Å². The van der Waals surface area contributed by atoms with E-state index in [0.29, 0.717) is 51.2 Å². The Hall–Kier alpha value is -2.91. The Morgan fingerprint density at radius 3 is 2.26 bits per heavy atom. The SMILES string of the molecule is CCOc1ccc(CCNC(=O)CC2CCN(S(=O)(=O)c3ccc(NC(C)=O)cc3)CC2)cc1. The third-order valence-electron chi connectivity index (χ3n) is 5.83. The normalized spacial score (nSPS) is 15.0. The number of nitrogens with one attached hydrogen (secondary N) is 2. The molecule has 2 aromatic rings. The number of rotatable bonds is 10. The fourth-order valence-corrected chi connectivity index (χ4v) is 5.49. The van der Waals surface area contributed by atoms with Gasteiger partial charge in [0, 0.05) is 38.7 Å². The summed E-state index contributed by atoms with van der Waals surface area (Å²) in [6.07, 6.45) is 2.45. The maximum atomic E-state index is 12.9. The number of amides is 2. The lowest BCUT2D eigenvalue weighted by Gasteiger charge is -2.31. The third-order valence-corrected chi connectivity index (χ3v) is 7.74. The van der Waals surface area contributed by atoms with Gasteiger partial charge in [-0.1, -0.05) is 12.1 Å². The fourth-order valence-electron chi connectivity index (χ4n) is 4.02. The molecular formula is C25H33N3O5S. The average molecular weight is 488 g/mol. The minimum Gasteiger partial charge on any atom is -0.494 e. The van der Waals surface area contributed by atoms with Crippen molar-refractivity contribution < 1.29 is 22.7 Å². The minimum absolute atomic E-state index is 0.000744. The number of anilines is 1. The van der Waals surface area contributed by atoms with E-state index < -0.39 is 10.0 Å². The van der Waals surface area contributed by atoms with Crippen molar-refractivity contribution in [3.8, 4) is 5.75 Å². The predicted octanol–water partition coefficient (Wildman–Crippen LogP) is 3.19. The van der Waals surface area contributed by atoms with Crippen molar-refractivity contribution in [2.45, 2.75) is 44.4 Å². The van der Waals surface area contributed by atoms with Crippen LogP contribution in [0.5, 0.6) is 5.75 Å². The first-order valence-electron chi connectivity index (χ1n) is 11.6. The van der Waals surface area contributed by atoms with Gasteiger partial charge in [0.1, 0.15) is 5.75 Å². The summed E-state index contributed by atoms with van der Waals surface area (Å²) >= 11 is 0. The zero-order valence-electron chi connectivity index (χ0n) is 19.7. The number of hydrogen-bond acceptors (Lipinski definition) is 5. The van der Waals surface area contributed by atoms with E-state index in [-0.39, 0.29) is 22.6 Å². The summed E-state index contributed by atoms with van der Waals surface area (Å²) < 4.78 is 32.8. The van der Waals surface area contributed by atoms with Gasteiger partial charge < -0.3 is 15.4 Å². The summed E-state index contributed by atoms with van der Waals surface area (Å²) in [5.74, 6) is 0.795. The van der Waals surface area contributed by atoms with E-state index in [9.17, 15) is 18.0 Å². The predicted molar refractivity (Wildman–Crippen MR) is 131 cm³/mol. The number of sulfonamides is 1. The Labute approximate surface area is 201 Å². The molecule has 0 spiro atoms. The summed E-state index contributed by atoms with van der Waals surface area (Å²) in [5, 5.41) is 5.60. The van der Waals surface area contributed by atoms with Crippen LogP contribution in [0.25, 0.3) is 0 Å². The number of carbonyl (C=O) groups excluding carboxylic acids is 2. The smallest absolute Gasteiger partial charge is 0.243 e. The van der Waals surface area contributed by atoms with Crippen LogP contribution >= 0.6 is 0 Å². The first-order valence-corrected chi connectivity index (χ1v) is 13.1. The van der Waals surface area contributed by atoms with E-state index in [2.05, 4.69) is 10.6 Å². The Morgan fingerprint density at radius 1 is 1.03 bits per heavy atom. The quantitative estimate of drug-likeness (QED) is 0.536. The second-order valence-electron chi connectivity index (χ2n) is 8.43. The number of nitrogens with zero attached hydrogens (tertiary/aromatic N) is 1. The molecule has 2 amide bonds. The van der Waals surface area contributed by atoms with Crippen LogP contribution in [0.15, 0.2) is 53.4 Å². The zero-order chi connectivity index (χ0) is 24.6. The van der Waals surface area contributed by atoms with Crippen molar-refractivity contribution in [1.82, 2.24) is 9.62 Å². The second kappa shape index (κ2) is 12.0. The van der Waals surface area contributed by atoms with Crippen molar-refractivity contribution in [1.29, 1.82) is 0 Å². The van der Waals surface area contributed by atoms with Gasteiger partial charge >= 0.3 is 0 Å². The van der Waals surface area contributed by atoms with Gasteiger partial charge in [0.15, 0.2) is 0 Å². The van der Waals surface area contributed by atoms with Crippen molar-refractivity contribution in [2.75, 3.05) is 31.6 Å². The van der Waals surface area contributed by atoms with Crippen molar-refractivity contribution in [3.63, 3.8) is 0 Å². The maximum absolute atomic E-state index is 12.9. The Kier molecular flexibility index (Phi) is 9.06. The van der Waals surface area contributed by atoms with Gasteiger partial charge in [-0.15, -0.1) is 0 Å². The topological polar surface area (TPSA) is 105 Å². The summed E-state index contributed by atoms with van der Waals surface area (Å²) in [7, 11) is -3.60. The molecule has 34 heavy (non-hydrogen) atoms. The number of ether oxygens (including phenoxy) is 1. The van der Waals surface area contributed by atoms with Crippen LogP contribution in [-0.4, -0.2) is 50.8 Å². The standard InChI is InChI=1S/C25H33N3O5S/c1-3-33-23-8-4-20(5-9-23)12-15-26-25(30)18-21-13-16-28(17-14-21)34(31,32)24-10-6-22(7-11-24)27-19(2)29/h4-11,21H,3,12-18H2,1-2H3,(H,26,30)(H,27,29). The highest BCUT2D eigenvalue weighted by Gasteiger charge is 2.30. The molecule has 184 valence electrons. The van der Waals surface area contributed by atoms with Gasteiger partial charge in [-0.2, -0.15) is 4.31 Å². The Bertz CT molecular complexity index is 1060.